The SMILES string of the molecule is C=C=CCCCc1ccccc1. The second kappa shape index (κ2) is 5.40. The summed E-state index contributed by atoms with van der Waals surface area (Å²) in [5.41, 5.74) is 4.19. The summed E-state index contributed by atoms with van der Waals surface area (Å²) in [5, 5.41) is 0. The lowest BCUT2D eigenvalue weighted by molar-refractivity contribution is 0.844. The highest BCUT2D eigenvalue weighted by Crippen LogP contribution is 2.04. The van der Waals surface area contributed by atoms with Gasteiger partial charge < -0.3 is 0 Å². The third-order valence-corrected chi connectivity index (χ3v) is 1.80. The summed E-state index contributed by atoms with van der Waals surface area (Å²) >= 11 is 0. The smallest absolute Gasteiger partial charge is 0.0271 e. The molecule has 0 heterocycles. The molecule has 0 unspecified atom stereocenters. The van der Waals surface area contributed by atoms with E-state index < -0.39 is 0 Å². The van der Waals surface area contributed by atoms with Gasteiger partial charge in [0.25, 0.3) is 0 Å². The normalized spacial score (nSPS) is 9.00. The molecule has 1 rings (SSSR count). The quantitative estimate of drug-likeness (QED) is 0.465. The van der Waals surface area contributed by atoms with Crippen LogP contribution in [0.15, 0.2) is 48.7 Å². The van der Waals surface area contributed by atoms with Gasteiger partial charge in [0.05, 0.1) is 0 Å². The molecular weight excluding hydrogens is 144 g/mol. The molecule has 0 heteroatoms. The zero-order chi connectivity index (χ0) is 8.65. The number of allylic oxidation sites excluding steroid dienone is 1. The van der Waals surface area contributed by atoms with E-state index in [1.54, 1.807) is 0 Å². The van der Waals surface area contributed by atoms with Crippen molar-refractivity contribution in [2.45, 2.75) is 19.3 Å². The molecule has 1 aromatic carbocycles. The first-order chi connectivity index (χ1) is 5.93. The van der Waals surface area contributed by atoms with Gasteiger partial charge >= 0.3 is 0 Å². The second-order valence-corrected chi connectivity index (χ2v) is 2.79. The van der Waals surface area contributed by atoms with Crippen molar-refractivity contribution in [3.63, 3.8) is 0 Å². The van der Waals surface area contributed by atoms with Gasteiger partial charge in [-0.05, 0) is 30.9 Å². The first kappa shape index (κ1) is 8.83. The fourth-order valence-corrected chi connectivity index (χ4v) is 1.15. The number of benzene rings is 1. The highest BCUT2D eigenvalue weighted by molar-refractivity contribution is 5.14. The Hall–Kier alpha value is -1.26. The lowest BCUT2D eigenvalue weighted by atomic mass is 10.1. The number of rotatable bonds is 4. The van der Waals surface area contributed by atoms with Gasteiger partial charge in [-0.25, -0.2) is 0 Å². The number of unbranched alkanes of at least 4 members (excludes halogenated alkanes) is 1. The molecule has 0 fully saturated rings. The molecule has 0 spiro atoms. The fourth-order valence-electron chi connectivity index (χ4n) is 1.15. The minimum absolute atomic E-state index is 1.08. The van der Waals surface area contributed by atoms with Gasteiger partial charge in [0.15, 0.2) is 0 Å². The van der Waals surface area contributed by atoms with Crippen LogP contribution in [0.25, 0.3) is 0 Å². The zero-order valence-corrected chi connectivity index (χ0v) is 7.29. The third kappa shape index (κ3) is 3.23. The van der Waals surface area contributed by atoms with Crippen LogP contribution in [0.5, 0.6) is 0 Å². The van der Waals surface area contributed by atoms with E-state index in [0.717, 1.165) is 12.8 Å². The van der Waals surface area contributed by atoms with Gasteiger partial charge in [-0.3, -0.25) is 0 Å². The molecular formula is C12H14. The summed E-state index contributed by atoms with van der Waals surface area (Å²) < 4.78 is 0. The molecule has 62 valence electrons. The first-order valence-electron chi connectivity index (χ1n) is 4.31. The molecule has 0 saturated carbocycles. The Kier molecular flexibility index (Phi) is 3.97. The molecule has 0 aliphatic heterocycles. The average Bonchev–Trinajstić information content (AvgIpc) is 2.14. The van der Waals surface area contributed by atoms with Gasteiger partial charge in [-0.15, -0.1) is 5.73 Å². The lowest BCUT2D eigenvalue weighted by Crippen LogP contribution is -1.82. The minimum atomic E-state index is 1.08. The van der Waals surface area contributed by atoms with E-state index in [-0.39, 0.29) is 0 Å². The van der Waals surface area contributed by atoms with Gasteiger partial charge in [-0.1, -0.05) is 36.9 Å². The van der Waals surface area contributed by atoms with Crippen LogP contribution in [0, 0.1) is 0 Å². The van der Waals surface area contributed by atoms with Crippen LogP contribution in [-0.2, 0) is 6.42 Å². The molecule has 0 atom stereocenters. The molecule has 12 heavy (non-hydrogen) atoms. The van der Waals surface area contributed by atoms with Crippen LogP contribution in [-0.4, -0.2) is 0 Å². The highest BCUT2D eigenvalue weighted by atomic mass is 13.9. The minimum Gasteiger partial charge on any atom is -0.133 e. The topological polar surface area (TPSA) is 0 Å². The molecule has 0 aromatic heterocycles. The molecule has 0 aliphatic rings. The van der Waals surface area contributed by atoms with Gasteiger partial charge in [0, 0.05) is 0 Å². The van der Waals surface area contributed by atoms with Crippen LogP contribution in [0.1, 0.15) is 18.4 Å². The fraction of sp³-hybridized carbons (Fsp3) is 0.250. The van der Waals surface area contributed by atoms with E-state index in [1.165, 1.54) is 12.0 Å². The Morgan fingerprint density at radius 2 is 2.00 bits per heavy atom. The number of hydrogen-bond acceptors (Lipinski definition) is 0. The average molecular weight is 158 g/mol. The Morgan fingerprint density at radius 1 is 1.25 bits per heavy atom. The summed E-state index contributed by atoms with van der Waals surface area (Å²) in [6.07, 6.45) is 5.41. The maximum absolute atomic E-state index is 3.52. The third-order valence-electron chi connectivity index (χ3n) is 1.80. The van der Waals surface area contributed by atoms with Crippen LogP contribution < -0.4 is 0 Å². The van der Waals surface area contributed by atoms with Crippen molar-refractivity contribution in [1.82, 2.24) is 0 Å². The number of hydrogen-bond donors (Lipinski definition) is 0. The predicted octanol–water partition coefficient (Wildman–Crippen LogP) is 3.35. The molecule has 0 aliphatic carbocycles. The summed E-state index contributed by atoms with van der Waals surface area (Å²) in [6.45, 7) is 3.52. The van der Waals surface area contributed by atoms with Crippen molar-refractivity contribution in [3.8, 4) is 0 Å². The number of aryl methyl sites for hydroxylation is 1. The van der Waals surface area contributed by atoms with Crippen LogP contribution >= 0.6 is 0 Å². The first-order valence-corrected chi connectivity index (χ1v) is 4.31. The van der Waals surface area contributed by atoms with Gasteiger partial charge in [-0.2, -0.15) is 0 Å². The second-order valence-electron chi connectivity index (χ2n) is 2.79. The molecule has 0 radical (unpaired) electrons. The summed E-state index contributed by atoms with van der Waals surface area (Å²) in [5.74, 6) is 0. The van der Waals surface area contributed by atoms with Gasteiger partial charge in [0.2, 0.25) is 0 Å². The molecule has 1 aromatic rings. The van der Waals surface area contributed by atoms with Crippen molar-refractivity contribution in [3.05, 3.63) is 54.3 Å². The Bertz CT molecular complexity index is 253. The molecule has 0 saturated heterocycles. The van der Waals surface area contributed by atoms with Crippen LogP contribution in [0.4, 0.5) is 0 Å². The van der Waals surface area contributed by atoms with Crippen LogP contribution in [0.3, 0.4) is 0 Å². The maximum Gasteiger partial charge on any atom is -0.0271 e. The van der Waals surface area contributed by atoms with Gasteiger partial charge in [0.1, 0.15) is 0 Å². The van der Waals surface area contributed by atoms with Crippen molar-refractivity contribution >= 4 is 0 Å². The monoisotopic (exact) mass is 158 g/mol. The van der Waals surface area contributed by atoms with E-state index >= 15 is 0 Å². The molecule has 0 bridgehead atoms. The Morgan fingerprint density at radius 3 is 2.67 bits per heavy atom. The summed E-state index contributed by atoms with van der Waals surface area (Å²) in [6, 6.07) is 10.5. The maximum atomic E-state index is 3.52. The predicted molar refractivity (Wildman–Crippen MR) is 53.1 cm³/mol. The van der Waals surface area contributed by atoms with E-state index in [0.29, 0.717) is 0 Å². The Balaban J connectivity index is 2.29. The van der Waals surface area contributed by atoms with Crippen LogP contribution in [0.2, 0.25) is 0 Å². The molecule has 0 nitrogen and oxygen atoms in total. The largest absolute Gasteiger partial charge is 0.133 e. The molecule has 0 N–H and O–H groups in total. The van der Waals surface area contributed by atoms with E-state index in [2.05, 4.69) is 36.6 Å². The highest BCUT2D eigenvalue weighted by Gasteiger charge is 1.88. The van der Waals surface area contributed by atoms with E-state index in [4.69, 9.17) is 0 Å². The van der Waals surface area contributed by atoms with Crippen molar-refractivity contribution in [2.24, 2.45) is 0 Å². The van der Waals surface area contributed by atoms with Crippen molar-refractivity contribution in [2.75, 3.05) is 0 Å². The van der Waals surface area contributed by atoms with E-state index in [1.807, 2.05) is 12.1 Å². The zero-order valence-electron chi connectivity index (χ0n) is 7.29. The van der Waals surface area contributed by atoms with Crippen molar-refractivity contribution < 1.29 is 0 Å². The summed E-state index contributed by atoms with van der Waals surface area (Å²) in [4.78, 5) is 0. The van der Waals surface area contributed by atoms with Crippen molar-refractivity contribution in [1.29, 1.82) is 0 Å². The molecule has 0 amide bonds. The Labute approximate surface area is 74.2 Å². The standard InChI is InChI=1S/C12H14/c1-2-3-4-6-9-12-10-7-5-8-11-12/h3,5,7-8,10-11H,1,4,6,9H2. The lowest BCUT2D eigenvalue weighted by Gasteiger charge is -1.96. The van der Waals surface area contributed by atoms with E-state index in [9.17, 15) is 0 Å². The summed E-state index contributed by atoms with van der Waals surface area (Å²) in [7, 11) is 0.